The molecule has 4 aromatic carbocycles. The third kappa shape index (κ3) is 6.91. The van der Waals surface area contributed by atoms with Crippen molar-refractivity contribution in [3.8, 4) is 23.0 Å². The van der Waals surface area contributed by atoms with Crippen LogP contribution in [-0.4, -0.2) is 9.85 Å². The lowest BCUT2D eigenvalue weighted by atomic mass is 9.60. The lowest BCUT2D eigenvalue weighted by Crippen LogP contribution is -2.35. The van der Waals surface area contributed by atoms with E-state index in [0.717, 1.165) is 30.6 Å². The molecule has 2 saturated carbocycles. The predicted octanol–water partition coefficient (Wildman–Crippen LogP) is 10.8. The zero-order chi connectivity index (χ0) is 32.1. The normalized spacial score (nSPS) is 19.7. The van der Waals surface area contributed by atoms with Gasteiger partial charge in [0.05, 0.1) is 9.85 Å². The van der Waals surface area contributed by atoms with Crippen molar-refractivity contribution in [3.63, 3.8) is 0 Å². The Bertz CT molecular complexity index is 1510. The predicted molar refractivity (Wildman–Crippen MR) is 178 cm³/mol. The van der Waals surface area contributed by atoms with E-state index in [1.165, 1.54) is 80.3 Å². The summed E-state index contributed by atoms with van der Waals surface area (Å²) in [5, 5.41) is 22.0. The van der Waals surface area contributed by atoms with Crippen LogP contribution in [0.15, 0.2) is 97.1 Å². The minimum absolute atomic E-state index is 0.0304. The molecule has 2 fully saturated rings. The van der Waals surface area contributed by atoms with Gasteiger partial charge in [-0.25, -0.2) is 0 Å². The van der Waals surface area contributed by atoms with Crippen molar-refractivity contribution in [2.24, 2.45) is 17.8 Å². The first-order valence-corrected chi connectivity index (χ1v) is 16.4. The Balaban J connectivity index is 1.22. The second kappa shape index (κ2) is 13.7. The summed E-state index contributed by atoms with van der Waals surface area (Å²) in [7, 11) is 0. The lowest BCUT2D eigenvalue weighted by Gasteiger charge is -2.44. The van der Waals surface area contributed by atoms with E-state index in [1.807, 2.05) is 24.3 Å². The highest BCUT2D eigenvalue weighted by molar-refractivity contribution is 5.46. The quantitative estimate of drug-likeness (QED) is 0.129. The zero-order valence-electron chi connectivity index (χ0n) is 26.2. The summed E-state index contributed by atoms with van der Waals surface area (Å²) in [5.41, 5.74) is 2.42. The number of nitrogens with zero attached hydrogens (tertiary/aromatic N) is 2. The topological polar surface area (TPSA) is 105 Å². The van der Waals surface area contributed by atoms with Gasteiger partial charge in [-0.3, -0.25) is 20.2 Å². The highest BCUT2D eigenvalue weighted by Crippen LogP contribution is 2.51. The maximum absolute atomic E-state index is 11.0. The fourth-order valence-electron chi connectivity index (χ4n) is 7.64. The second-order valence-corrected chi connectivity index (χ2v) is 12.9. The van der Waals surface area contributed by atoms with Crippen molar-refractivity contribution in [1.29, 1.82) is 0 Å². The van der Waals surface area contributed by atoms with Crippen molar-refractivity contribution < 1.29 is 19.3 Å². The molecule has 0 atom stereocenters. The van der Waals surface area contributed by atoms with Crippen LogP contribution in [0.1, 0.15) is 75.8 Å². The second-order valence-electron chi connectivity index (χ2n) is 12.9. The molecule has 0 unspecified atom stereocenters. The third-order valence-corrected chi connectivity index (χ3v) is 10.4. The van der Waals surface area contributed by atoms with Gasteiger partial charge in [-0.2, -0.15) is 0 Å². The fraction of sp³-hybridized carbons (Fsp3) is 0.368. The molecule has 8 nitrogen and oxygen atoms in total. The van der Waals surface area contributed by atoms with Crippen LogP contribution in [0.5, 0.6) is 23.0 Å². The molecular formula is C38H40N2O6. The largest absolute Gasteiger partial charge is 0.457 e. The number of hydrogen-bond donors (Lipinski definition) is 0. The monoisotopic (exact) mass is 620 g/mol. The Hall–Kier alpha value is -4.72. The molecule has 0 aliphatic heterocycles. The summed E-state index contributed by atoms with van der Waals surface area (Å²) in [4.78, 5) is 21.2. The van der Waals surface area contributed by atoms with E-state index in [4.69, 9.17) is 9.47 Å². The summed E-state index contributed by atoms with van der Waals surface area (Å²) in [6.07, 6.45) is 11.3. The maximum atomic E-state index is 11.0. The molecule has 0 bridgehead atoms. The third-order valence-electron chi connectivity index (χ3n) is 10.4. The van der Waals surface area contributed by atoms with E-state index in [1.54, 1.807) is 24.3 Å². The van der Waals surface area contributed by atoms with Crippen molar-refractivity contribution in [2.45, 2.75) is 70.1 Å². The van der Waals surface area contributed by atoms with Crippen molar-refractivity contribution in [3.05, 3.63) is 128 Å². The number of nitro benzene ring substituents is 2. The molecular weight excluding hydrogens is 580 g/mol. The Kier molecular flexibility index (Phi) is 9.33. The standard InChI is InChI=1S/C38H40N2O6/c1-2-27-3-5-28(6-4-27)29-23-25-38(26-24-29,30-7-15-34(16-8-30)45-36-19-11-32(12-20-36)39(41)42)31-9-17-35(18-10-31)46-37-21-13-33(14-22-37)40(43)44/h7-22,27-29H,2-6,23-26H2,1H3. The van der Waals surface area contributed by atoms with Crippen LogP contribution in [0.4, 0.5) is 11.4 Å². The van der Waals surface area contributed by atoms with Crippen molar-refractivity contribution in [1.82, 2.24) is 0 Å². The van der Waals surface area contributed by atoms with Crippen LogP contribution in [0.2, 0.25) is 0 Å². The molecule has 0 aromatic heterocycles. The van der Waals surface area contributed by atoms with Gasteiger partial charge in [-0.05, 0) is 116 Å². The molecule has 46 heavy (non-hydrogen) atoms. The Morgan fingerprint density at radius 1 is 0.565 bits per heavy atom. The Morgan fingerprint density at radius 3 is 1.26 bits per heavy atom. The number of benzene rings is 4. The van der Waals surface area contributed by atoms with E-state index in [2.05, 4.69) is 31.2 Å². The summed E-state index contributed by atoms with van der Waals surface area (Å²) in [6, 6.07) is 28.8. The molecule has 238 valence electrons. The zero-order valence-corrected chi connectivity index (χ0v) is 26.2. The number of hydrogen-bond acceptors (Lipinski definition) is 6. The minimum Gasteiger partial charge on any atom is -0.457 e. The summed E-state index contributed by atoms with van der Waals surface area (Å²) in [5.74, 6) is 4.96. The molecule has 8 heteroatoms. The van der Waals surface area contributed by atoms with Crippen LogP contribution in [0, 0.1) is 38.0 Å². The Morgan fingerprint density at radius 2 is 0.913 bits per heavy atom. The highest BCUT2D eigenvalue weighted by Gasteiger charge is 2.41. The number of rotatable bonds is 10. The summed E-state index contributed by atoms with van der Waals surface area (Å²) < 4.78 is 12.0. The van der Waals surface area contributed by atoms with Crippen LogP contribution >= 0.6 is 0 Å². The first-order valence-electron chi connectivity index (χ1n) is 16.4. The maximum Gasteiger partial charge on any atom is 0.269 e. The molecule has 0 N–H and O–H groups in total. The average molecular weight is 621 g/mol. The van der Waals surface area contributed by atoms with Crippen LogP contribution < -0.4 is 9.47 Å². The minimum atomic E-state index is -0.419. The number of ether oxygens (including phenoxy) is 2. The lowest BCUT2D eigenvalue weighted by molar-refractivity contribution is -0.385. The molecule has 0 saturated heterocycles. The van der Waals surface area contributed by atoms with E-state index in [-0.39, 0.29) is 16.8 Å². The van der Waals surface area contributed by atoms with Gasteiger partial charge in [-0.1, -0.05) is 50.5 Å². The Labute approximate surface area is 269 Å². The molecule has 2 aliphatic rings. The highest BCUT2D eigenvalue weighted by atomic mass is 16.6. The van der Waals surface area contributed by atoms with E-state index in [9.17, 15) is 20.2 Å². The first kappa shape index (κ1) is 31.3. The van der Waals surface area contributed by atoms with E-state index < -0.39 is 9.85 Å². The molecule has 0 heterocycles. The van der Waals surface area contributed by atoms with Crippen LogP contribution in [0.3, 0.4) is 0 Å². The van der Waals surface area contributed by atoms with Gasteiger partial charge in [0.25, 0.3) is 11.4 Å². The smallest absolute Gasteiger partial charge is 0.269 e. The van der Waals surface area contributed by atoms with Crippen LogP contribution in [0.25, 0.3) is 0 Å². The van der Waals surface area contributed by atoms with Gasteiger partial charge in [0.2, 0.25) is 0 Å². The molecule has 6 rings (SSSR count). The first-order chi connectivity index (χ1) is 22.3. The van der Waals surface area contributed by atoms with E-state index >= 15 is 0 Å². The molecule has 0 amide bonds. The van der Waals surface area contributed by atoms with Gasteiger partial charge in [0.1, 0.15) is 23.0 Å². The SMILES string of the molecule is CCC1CCC(C2CCC(c3ccc(Oc4ccc([N+](=O)[O-])cc4)cc3)(c3ccc(Oc4ccc([N+](=O)[O-])cc4)cc3)CC2)CC1. The van der Waals surface area contributed by atoms with Gasteiger partial charge in [0.15, 0.2) is 0 Å². The van der Waals surface area contributed by atoms with Crippen molar-refractivity contribution in [2.75, 3.05) is 0 Å². The molecule has 0 radical (unpaired) electrons. The van der Waals surface area contributed by atoms with Gasteiger partial charge in [0, 0.05) is 29.7 Å². The fourth-order valence-corrected chi connectivity index (χ4v) is 7.64. The number of non-ortho nitro benzene ring substituents is 2. The van der Waals surface area contributed by atoms with Gasteiger partial charge >= 0.3 is 0 Å². The summed E-state index contributed by atoms with van der Waals surface area (Å²) in [6.45, 7) is 2.32. The van der Waals surface area contributed by atoms with Gasteiger partial charge in [-0.15, -0.1) is 0 Å². The van der Waals surface area contributed by atoms with Crippen LogP contribution in [-0.2, 0) is 5.41 Å². The van der Waals surface area contributed by atoms with Gasteiger partial charge < -0.3 is 9.47 Å². The summed E-state index contributed by atoms with van der Waals surface area (Å²) >= 11 is 0. The molecule has 2 aliphatic carbocycles. The van der Waals surface area contributed by atoms with Crippen molar-refractivity contribution >= 4 is 11.4 Å². The molecule has 0 spiro atoms. The number of nitro groups is 2. The average Bonchev–Trinajstić information content (AvgIpc) is 3.09. The molecule has 4 aromatic rings. The van der Waals surface area contributed by atoms with E-state index in [0.29, 0.717) is 23.0 Å².